The fourth-order valence-electron chi connectivity index (χ4n) is 6.46. The largest absolute Gasteiger partial charge is 0.508 e. The smallest absolute Gasteiger partial charge is 0.229 e. The predicted octanol–water partition coefficient (Wildman–Crippen LogP) is 4.32. The number of hydrogen-bond donors (Lipinski definition) is 2. The molecule has 1 aromatic heterocycles. The monoisotopic (exact) mass is 419 g/mol. The van der Waals surface area contributed by atoms with Gasteiger partial charge < -0.3 is 15.3 Å². The average molecular weight is 420 g/mol. The number of piperidine rings is 3. The zero-order chi connectivity index (χ0) is 20.9. The van der Waals surface area contributed by atoms with Crippen LogP contribution < -0.4 is 10.2 Å². The van der Waals surface area contributed by atoms with Crippen molar-refractivity contribution >= 4 is 17.5 Å². The van der Waals surface area contributed by atoms with Crippen LogP contribution in [0.1, 0.15) is 44.2 Å². The van der Waals surface area contributed by atoms with E-state index in [0.717, 1.165) is 60.1 Å². The molecule has 0 spiro atoms. The summed E-state index contributed by atoms with van der Waals surface area (Å²) in [5.74, 6) is 4.44. The third-order valence-electron chi connectivity index (χ3n) is 7.89. The van der Waals surface area contributed by atoms with Crippen LogP contribution in [-0.4, -0.2) is 51.7 Å². The number of phenols is 1. The summed E-state index contributed by atoms with van der Waals surface area (Å²) in [6.07, 6.45) is 8.54. The lowest BCUT2D eigenvalue weighted by Gasteiger charge is -2.55. The van der Waals surface area contributed by atoms with Crippen molar-refractivity contribution in [3.05, 3.63) is 36.0 Å². The minimum Gasteiger partial charge on any atom is -0.508 e. The number of aryl methyl sites for hydroxylation is 1. The van der Waals surface area contributed by atoms with Gasteiger partial charge >= 0.3 is 0 Å². The zero-order valence-electron chi connectivity index (χ0n) is 18.4. The molecule has 4 heterocycles. The average Bonchev–Trinajstić information content (AvgIpc) is 3.60. The van der Waals surface area contributed by atoms with Gasteiger partial charge in [0.25, 0.3) is 0 Å². The Morgan fingerprint density at radius 2 is 1.71 bits per heavy atom. The Morgan fingerprint density at radius 1 is 0.935 bits per heavy atom. The molecule has 2 N–H and O–H groups in total. The van der Waals surface area contributed by atoms with Gasteiger partial charge in [-0.1, -0.05) is 6.42 Å². The molecule has 2 aromatic rings. The van der Waals surface area contributed by atoms with Crippen molar-refractivity contribution in [1.82, 2.24) is 14.9 Å². The number of nitrogens with zero attached hydrogens (tertiary/aromatic N) is 4. The van der Waals surface area contributed by atoms with Gasteiger partial charge in [0.15, 0.2) is 0 Å². The van der Waals surface area contributed by atoms with Crippen molar-refractivity contribution in [2.24, 2.45) is 17.8 Å². The summed E-state index contributed by atoms with van der Waals surface area (Å²) in [5.41, 5.74) is 1.86. The molecule has 4 aliphatic rings. The van der Waals surface area contributed by atoms with Crippen molar-refractivity contribution in [2.45, 2.75) is 57.5 Å². The van der Waals surface area contributed by atoms with E-state index in [1.54, 1.807) is 12.1 Å². The van der Waals surface area contributed by atoms with Crippen molar-refractivity contribution in [3.8, 4) is 5.75 Å². The number of anilines is 3. The second-order valence-corrected chi connectivity index (χ2v) is 10.2. The number of benzene rings is 1. The van der Waals surface area contributed by atoms with E-state index < -0.39 is 0 Å². The third-order valence-corrected chi connectivity index (χ3v) is 7.89. The van der Waals surface area contributed by atoms with Crippen LogP contribution in [0.2, 0.25) is 0 Å². The quantitative estimate of drug-likeness (QED) is 0.720. The molecule has 1 aliphatic carbocycles. The van der Waals surface area contributed by atoms with Crippen LogP contribution in [0.15, 0.2) is 30.3 Å². The normalized spacial score (nSPS) is 30.7. The molecule has 1 aromatic carbocycles. The molecular weight excluding hydrogens is 386 g/mol. The number of hydrogen-bond acceptors (Lipinski definition) is 6. The number of rotatable bonds is 4. The SMILES string of the molecule is Cc1cc(N2C[C@@H]3C[C@H](C2)[C@@H]2CCC[C@H](C4CC4)N2C3)nc(Nc2ccc(O)cc2)n1. The van der Waals surface area contributed by atoms with Crippen molar-refractivity contribution < 1.29 is 5.11 Å². The summed E-state index contributed by atoms with van der Waals surface area (Å²) in [4.78, 5) is 15.0. The van der Waals surface area contributed by atoms with Crippen LogP contribution in [0.4, 0.5) is 17.5 Å². The molecule has 0 unspecified atom stereocenters. The molecule has 164 valence electrons. The lowest BCUT2D eigenvalue weighted by molar-refractivity contribution is -0.0259. The first-order valence-electron chi connectivity index (χ1n) is 12.0. The van der Waals surface area contributed by atoms with Crippen molar-refractivity contribution in [3.63, 3.8) is 0 Å². The highest BCUT2D eigenvalue weighted by atomic mass is 16.3. The highest BCUT2D eigenvalue weighted by Gasteiger charge is 2.48. The second kappa shape index (κ2) is 7.66. The number of aromatic hydroxyl groups is 1. The highest BCUT2D eigenvalue weighted by molar-refractivity contribution is 5.56. The van der Waals surface area contributed by atoms with E-state index >= 15 is 0 Å². The van der Waals surface area contributed by atoms with E-state index in [9.17, 15) is 5.11 Å². The maximum atomic E-state index is 9.52. The first-order chi connectivity index (χ1) is 15.1. The van der Waals surface area contributed by atoms with Gasteiger partial charge in [-0.25, -0.2) is 4.98 Å². The Morgan fingerprint density at radius 3 is 2.48 bits per heavy atom. The van der Waals surface area contributed by atoms with Crippen LogP contribution in [0.3, 0.4) is 0 Å². The number of nitrogens with one attached hydrogen (secondary N) is 1. The lowest BCUT2D eigenvalue weighted by atomic mass is 9.74. The molecule has 6 nitrogen and oxygen atoms in total. The number of phenolic OH excluding ortho intramolecular Hbond substituents is 1. The molecule has 1 saturated carbocycles. The molecule has 4 atom stereocenters. The molecular formula is C25H33N5O. The van der Waals surface area contributed by atoms with E-state index in [0.29, 0.717) is 5.95 Å². The van der Waals surface area contributed by atoms with Gasteiger partial charge in [-0.05, 0) is 81.0 Å². The Balaban J connectivity index is 1.21. The fraction of sp³-hybridized carbons (Fsp3) is 0.600. The molecule has 3 aliphatic heterocycles. The van der Waals surface area contributed by atoms with Gasteiger partial charge in [0, 0.05) is 49.2 Å². The lowest BCUT2D eigenvalue weighted by Crippen LogP contribution is -2.62. The van der Waals surface area contributed by atoms with Gasteiger partial charge in [0.1, 0.15) is 11.6 Å². The first kappa shape index (κ1) is 19.4. The maximum absolute atomic E-state index is 9.52. The van der Waals surface area contributed by atoms with E-state index in [1.807, 2.05) is 19.1 Å². The van der Waals surface area contributed by atoms with E-state index in [-0.39, 0.29) is 5.75 Å². The van der Waals surface area contributed by atoms with Crippen LogP contribution >= 0.6 is 0 Å². The minimum atomic E-state index is 0.261. The molecule has 3 saturated heterocycles. The van der Waals surface area contributed by atoms with Crippen LogP contribution in [0, 0.1) is 24.7 Å². The summed E-state index contributed by atoms with van der Waals surface area (Å²) in [5, 5.41) is 12.8. The van der Waals surface area contributed by atoms with E-state index in [2.05, 4.69) is 26.2 Å². The summed E-state index contributed by atoms with van der Waals surface area (Å²) in [6, 6.07) is 10.8. The van der Waals surface area contributed by atoms with Gasteiger partial charge in [-0.3, -0.25) is 4.90 Å². The van der Waals surface area contributed by atoms with Crippen molar-refractivity contribution in [2.75, 3.05) is 29.9 Å². The molecule has 4 fully saturated rings. The topological polar surface area (TPSA) is 64.5 Å². The Kier molecular flexibility index (Phi) is 4.78. The van der Waals surface area contributed by atoms with Crippen LogP contribution in [-0.2, 0) is 0 Å². The summed E-state index contributed by atoms with van der Waals surface area (Å²) >= 11 is 0. The van der Waals surface area contributed by atoms with Crippen molar-refractivity contribution in [1.29, 1.82) is 0 Å². The van der Waals surface area contributed by atoms with E-state index in [4.69, 9.17) is 4.98 Å². The summed E-state index contributed by atoms with van der Waals surface area (Å²) in [7, 11) is 0. The van der Waals surface area contributed by atoms with Crippen LogP contribution in [0.25, 0.3) is 0 Å². The number of aromatic nitrogens is 2. The Hall–Kier alpha value is -2.34. The third kappa shape index (κ3) is 3.86. The first-order valence-corrected chi connectivity index (χ1v) is 12.0. The molecule has 6 rings (SSSR count). The number of fused-ring (bicyclic) bond motifs is 4. The predicted molar refractivity (Wildman–Crippen MR) is 123 cm³/mol. The summed E-state index contributed by atoms with van der Waals surface area (Å²) < 4.78 is 0. The van der Waals surface area contributed by atoms with Gasteiger partial charge in [0.05, 0.1) is 0 Å². The summed E-state index contributed by atoms with van der Waals surface area (Å²) in [6.45, 7) is 5.54. The molecule has 2 bridgehead atoms. The van der Waals surface area contributed by atoms with E-state index in [1.165, 1.54) is 45.1 Å². The van der Waals surface area contributed by atoms with Gasteiger partial charge in [-0.2, -0.15) is 4.98 Å². The molecule has 0 radical (unpaired) electrons. The highest BCUT2D eigenvalue weighted by Crippen LogP contribution is 2.46. The second-order valence-electron chi connectivity index (χ2n) is 10.2. The maximum Gasteiger partial charge on any atom is 0.229 e. The zero-order valence-corrected chi connectivity index (χ0v) is 18.4. The minimum absolute atomic E-state index is 0.261. The fourth-order valence-corrected chi connectivity index (χ4v) is 6.46. The standard InChI is InChI=1S/C25H33N5O/c1-16-11-24(28-25(26-16)27-20-7-9-21(31)10-8-20)29-13-17-12-19(15-29)23-4-2-3-22(18-5-6-18)30(23)14-17/h7-11,17-19,22-23,31H,2-6,12-15H2,1H3,(H,26,27,28)/t17-,19+,22+,23-/m0/s1. The Labute approximate surface area is 184 Å². The Bertz CT molecular complexity index is 943. The van der Waals surface area contributed by atoms with Gasteiger partial charge in [0.2, 0.25) is 5.95 Å². The molecule has 6 heteroatoms. The van der Waals surface area contributed by atoms with Crippen LogP contribution in [0.5, 0.6) is 5.75 Å². The molecule has 0 amide bonds. The van der Waals surface area contributed by atoms with Gasteiger partial charge in [-0.15, -0.1) is 0 Å². The molecule has 31 heavy (non-hydrogen) atoms.